The number of rotatable bonds is 5. The largest absolute Gasteiger partial charge is 0.409 e. The Kier molecular flexibility index (Phi) is 5.82. The monoisotopic (exact) mass is 327 g/mol. The van der Waals surface area contributed by atoms with Crippen LogP contribution in [-0.2, 0) is 0 Å². The summed E-state index contributed by atoms with van der Waals surface area (Å²) in [5.74, 6) is -0.230. The van der Waals surface area contributed by atoms with E-state index in [0.717, 1.165) is 16.5 Å². The highest BCUT2D eigenvalue weighted by Crippen LogP contribution is 2.17. The smallest absolute Gasteiger partial charge is 0.251 e. The molecule has 0 bridgehead atoms. The van der Waals surface area contributed by atoms with E-state index >= 15 is 0 Å². The molecule has 19 heavy (non-hydrogen) atoms. The van der Waals surface area contributed by atoms with E-state index in [2.05, 4.69) is 26.4 Å². The fourth-order valence-electron chi connectivity index (χ4n) is 1.63. The first-order valence-electron chi connectivity index (χ1n) is 6.04. The molecule has 4 N–H and O–H groups in total. The molecule has 0 spiro atoms. The summed E-state index contributed by atoms with van der Waals surface area (Å²) in [6.07, 6.45) is 1.44. The third-order valence-corrected chi connectivity index (χ3v) is 3.64. The maximum absolute atomic E-state index is 12.1. The lowest BCUT2D eigenvalue weighted by atomic mass is 10.1. The van der Waals surface area contributed by atoms with Crippen LogP contribution < -0.4 is 11.1 Å². The minimum Gasteiger partial charge on any atom is -0.409 e. The van der Waals surface area contributed by atoms with Crippen LogP contribution in [-0.4, -0.2) is 23.0 Å². The zero-order valence-corrected chi connectivity index (χ0v) is 12.6. The number of nitrogens with zero attached hydrogens (tertiary/aromatic N) is 1. The maximum Gasteiger partial charge on any atom is 0.251 e. The van der Waals surface area contributed by atoms with Gasteiger partial charge < -0.3 is 16.3 Å². The number of hydrogen-bond donors (Lipinski definition) is 3. The molecule has 1 rings (SSSR count). The van der Waals surface area contributed by atoms with Gasteiger partial charge in [-0.15, -0.1) is 0 Å². The lowest BCUT2D eigenvalue weighted by Gasteiger charge is -2.16. The molecule has 1 atom stereocenters. The molecule has 0 saturated carbocycles. The summed E-state index contributed by atoms with van der Waals surface area (Å²) < 4.78 is 0.871. The molecule has 0 aliphatic carbocycles. The summed E-state index contributed by atoms with van der Waals surface area (Å²) in [7, 11) is 0. The SMILES string of the molecule is CCCC(NC(=O)c1ccc(C)c(Br)c1)/C(N)=N/O. The highest BCUT2D eigenvalue weighted by molar-refractivity contribution is 9.10. The summed E-state index contributed by atoms with van der Waals surface area (Å²) in [4.78, 5) is 12.1. The van der Waals surface area contributed by atoms with Gasteiger partial charge in [0.15, 0.2) is 5.84 Å². The van der Waals surface area contributed by atoms with Crippen molar-refractivity contribution in [1.82, 2.24) is 5.32 Å². The lowest BCUT2D eigenvalue weighted by Crippen LogP contribution is -2.44. The number of nitrogens with two attached hydrogens (primary N) is 1. The Hall–Kier alpha value is -1.56. The average molecular weight is 328 g/mol. The van der Waals surface area contributed by atoms with Gasteiger partial charge in [0.2, 0.25) is 0 Å². The van der Waals surface area contributed by atoms with Crippen molar-refractivity contribution in [3.63, 3.8) is 0 Å². The van der Waals surface area contributed by atoms with E-state index in [1.54, 1.807) is 12.1 Å². The first-order chi connectivity index (χ1) is 8.99. The summed E-state index contributed by atoms with van der Waals surface area (Å²) in [5.41, 5.74) is 7.15. The molecule has 0 radical (unpaired) electrons. The molecule has 0 aliphatic rings. The molecule has 0 saturated heterocycles. The molecule has 0 aromatic heterocycles. The molecule has 1 aromatic rings. The second-order valence-corrected chi connectivity index (χ2v) is 5.16. The van der Waals surface area contributed by atoms with Gasteiger partial charge in [0.25, 0.3) is 5.91 Å². The molecule has 5 nitrogen and oxygen atoms in total. The third-order valence-electron chi connectivity index (χ3n) is 2.79. The average Bonchev–Trinajstić information content (AvgIpc) is 2.40. The molecular weight excluding hydrogens is 310 g/mol. The highest BCUT2D eigenvalue weighted by Gasteiger charge is 2.17. The van der Waals surface area contributed by atoms with E-state index in [-0.39, 0.29) is 11.7 Å². The van der Waals surface area contributed by atoms with Gasteiger partial charge in [0, 0.05) is 10.0 Å². The van der Waals surface area contributed by atoms with Crippen LogP contribution in [0.3, 0.4) is 0 Å². The van der Waals surface area contributed by atoms with E-state index in [1.807, 2.05) is 19.9 Å². The fraction of sp³-hybridized carbons (Fsp3) is 0.385. The van der Waals surface area contributed by atoms with Crippen molar-refractivity contribution in [3.8, 4) is 0 Å². The van der Waals surface area contributed by atoms with Crippen LogP contribution in [0.25, 0.3) is 0 Å². The zero-order valence-electron chi connectivity index (χ0n) is 11.0. The molecule has 6 heteroatoms. The van der Waals surface area contributed by atoms with E-state index in [0.29, 0.717) is 12.0 Å². The second-order valence-electron chi connectivity index (χ2n) is 4.30. The van der Waals surface area contributed by atoms with Gasteiger partial charge in [0.1, 0.15) is 0 Å². The molecule has 1 aromatic carbocycles. The van der Waals surface area contributed by atoms with Gasteiger partial charge in [-0.05, 0) is 31.0 Å². The van der Waals surface area contributed by atoms with Crippen LogP contribution in [0.2, 0.25) is 0 Å². The number of oxime groups is 1. The summed E-state index contributed by atoms with van der Waals surface area (Å²) in [5, 5.41) is 14.4. The Labute approximate surface area is 121 Å². The number of halogens is 1. The van der Waals surface area contributed by atoms with Crippen molar-refractivity contribution in [2.75, 3.05) is 0 Å². The minimum atomic E-state index is -0.456. The number of carbonyl (C=O) groups excluding carboxylic acids is 1. The van der Waals surface area contributed by atoms with Crippen LogP contribution >= 0.6 is 15.9 Å². The summed E-state index contributed by atoms with van der Waals surface area (Å²) in [6, 6.07) is 4.89. The van der Waals surface area contributed by atoms with Gasteiger partial charge >= 0.3 is 0 Å². The third kappa shape index (κ3) is 4.24. The quantitative estimate of drug-likeness (QED) is 0.336. The van der Waals surface area contributed by atoms with Crippen molar-refractivity contribution < 1.29 is 10.0 Å². The van der Waals surface area contributed by atoms with Crippen molar-refractivity contribution in [2.45, 2.75) is 32.7 Å². The Balaban J connectivity index is 2.84. The first-order valence-corrected chi connectivity index (χ1v) is 6.83. The number of carbonyl (C=O) groups is 1. The Morgan fingerprint density at radius 1 is 1.58 bits per heavy atom. The van der Waals surface area contributed by atoms with Crippen molar-refractivity contribution in [1.29, 1.82) is 0 Å². The molecule has 104 valence electrons. The Morgan fingerprint density at radius 3 is 2.79 bits per heavy atom. The summed E-state index contributed by atoms with van der Waals surface area (Å²) in [6.45, 7) is 3.91. The van der Waals surface area contributed by atoms with Gasteiger partial charge in [-0.25, -0.2) is 0 Å². The van der Waals surface area contributed by atoms with Crippen LogP contribution in [0.15, 0.2) is 27.8 Å². The number of benzene rings is 1. The molecule has 0 fully saturated rings. The van der Waals surface area contributed by atoms with E-state index in [1.165, 1.54) is 0 Å². The van der Waals surface area contributed by atoms with Gasteiger partial charge in [-0.2, -0.15) is 0 Å². The predicted molar refractivity (Wildman–Crippen MR) is 78.5 cm³/mol. The fourth-order valence-corrected chi connectivity index (χ4v) is 2.01. The minimum absolute atomic E-state index is 0.0152. The van der Waals surface area contributed by atoms with Crippen molar-refractivity contribution >= 4 is 27.7 Å². The zero-order chi connectivity index (χ0) is 14.4. The highest BCUT2D eigenvalue weighted by atomic mass is 79.9. The molecular formula is C13H18BrN3O2. The molecule has 0 aliphatic heterocycles. The van der Waals surface area contributed by atoms with Gasteiger partial charge in [-0.1, -0.05) is 40.5 Å². The Morgan fingerprint density at radius 2 is 2.26 bits per heavy atom. The Bertz CT molecular complexity index is 489. The van der Waals surface area contributed by atoms with Crippen LogP contribution in [0.1, 0.15) is 35.7 Å². The van der Waals surface area contributed by atoms with E-state index in [4.69, 9.17) is 10.9 Å². The predicted octanol–water partition coefficient (Wildman–Crippen LogP) is 2.40. The molecule has 1 amide bonds. The van der Waals surface area contributed by atoms with Crippen LogP contribution in [0.4, 0.5) is 0 Å². The number of hydrogen-bond acceptors (Lipinski definition) is 3. The topological polar surface area (TPSA) is 87.7 Å². The second kappa shape index (κ2) is 7.13. The normalized spacial score (nSPS) is 13.1. The number of amidine groups is 1. The number of nitrogens with one attached hydrogen (secondary N) is 1. The van der Waals surface area contributed by atoms with Crippen LogP contribution in [0, 0.1) is 6.92 Å². The number of amides is 1. The lowest BCUT2D eigenvalue weighted by molar-refractivity contribution is 0.0945. The maximum atomic E-state index is 12.1. The standard InChI is InChI=1S/C13H18BrN3O2/c1-3-4-11(12(15)17-19)16-13(18)9-6-5-8(2)10(14)7-9/h5-7,11,19H,3-4H2,1-2H3,(H2,15,17)(H,16,18). The van der Waals surface area contributed by atoms with Crippen LogP contribution in [0.5, 0.6) is 0 Å². The molecule has 1 unspecified atom stereocenters. The summed E-state index contributed by atoms with van der Waals surface area (Å²) >= 11 is 3.39. The first kappa shape index (κ1) is 15.5. The van der Waals surface area contributed by atoms with Crippen molar-refractivity contribution in [2.24, 2.45) is 10.9 Å². The number of aryl methyl sites for hydroxylation is 1. The molecule has 0 heterocycles. The van der Waals surface area contributed by atoms with Crippen molar-refractivity contribution in [3.05, 3.63) is 33.8 Å². The van der Waals surface area contributed by atoms with E-state index in [9.17, 15) is 4.79 Å². The van der Waals surface area contributed by atoms with Gasteiger partial charge in [0.05, 0.1) is 6.04 Å². The van der Waals surface area contributed by atoms with Gasteiger partial charge in [-0.3, -0.25) is 4.79 Å². The van der Waals surface area contributed by atoms with E-state index < -0.39 is 6.04 Å².